The van der Waals surface area contributed by atoms with E-state index in [9.17, 15) is 4.79 Å². The van der Waals surface area contributed by atoms with E-state index in [0.717, 1.165) is 34.8 Å². The molecule has 1 saturated heterocycles. The number of aryl methyl sites for hydroxylation is 2. The molecule has 0 bridgehead atoms. The van der Waals surface area contributed by atoms with Crippen molar-refractivity contribution in [3.05, 3.63) is 76.7 Å². The van der Waals surface area contributed by atoms with Gasteiger partial charge in [0.1, 0.15) is 11.6 Å². The van der Waals surface area contributed by atoms with Gasteiger partial charge in [-0.15, -0.1) is 0 Å². The van der Waals surface area contributed by atoms with Crippen LogP contribution in [-0.2, 0) is 6.42 Å². The summed E-state index contributed by atoms with van der Waals surface area (Å²) in [5.41, 5.74) is 3.52. The Hall–Kier alpha value is -3.45. The first-order valence-corrected chi connectivity index (χ1v) is 11.5. The SMILES string of the molecule is CCc1nc(N2CCN(C(=O)c3ccccc3Cl)CC2)c2cnn(-c3ccc(C)cc3)c2n1. The van der Waals surface area contributed by atoms with E-state index < -0.39 is 0 Å². The van der Waals surface area contributed by atoms with Crippen molar-refractivity contribution in [2.24, 2.45) is 0 Å². The van der Waals surface area contributed by atoms with E-state index in [1.807, 2.05) is 40.0 Å². The van der Waals surface area contributed by atoms with E-state index in [1.54, 1.807) is 12.1 Å². The van der Waals surface area contributed by atoms with Gasteiger partial charge in [0.15, 0.2) is 5.65 Å². The Kier molecular flexibility index (Phi) is 5.72. The number of hydrogen-bond acceptors (Lipinski definition) is 5. The van der Waals surface area contributed by atoms with Crippen molar-refractivity contribution >= 4 is 34.4 Å². The van der Waals surface area contributed by atoms with Crippen molar-refractivity contribution in [1.29, 1.82) is 0 Å². The average molecular weight is 461 g/mol. The molecule has 1 aliphatic rings. The predicted molar refractivity (Wildman–Crippen MR) is 130 cm³/mol. The van der Waals surface area contributed by atoms with E-state index in [2.05, 4.69) is 36.0 Å². The number of carbonyl (C=O) groups excluding carboxylic acids is 1. The molecule has 0 atom stereocenters. The molecule has 2 aromatic carbocycles. The van der Waals surface area contributed by atoms with Crippen LogP contribution in [0.3, 0.4) is 0 Å². The second-order valence-electron chi connectivity index (χ2n) is 8.21. The average Bonchev–Trinajstić information content (AvgIpc) is 3.28. The topological polar surface area (TPSA) is 67.2 Å². The zero-order valence-electron chi connectivity index (χ0n) is 18.7. The first-order valence-electron chi connectivity index (χ1n) is 11.2. The monoisotopic (exact) mass is 460 g/mol. The molecule has 1 aliphatic heterocycles. The van der Waals surface area contributed by atoms with E-state index in [1.165, 1.54) is 5.56 Å². The normalized spacial score (nSPS) is 14.2. The standard InChI is InChI=1S/C25H25ClN6O/c1-3-22-28-23(20-16-27-32(24(20)29-22)18-10-8-17(2)9-11-18)30-12-14-31(15-13-30)25(33)19-6-4-5-7-21(19)26/h4-11,16H,3,12-15H2,1-2H3. The summed E-state index contributed by atoms with van der Waals surface area (Å²) in [5.74, 6) is 1.62. The van der Waals surface area contributed by atoms with Crippen LogP contribution in [0.4, 0.5) is 5.82 Å². The number of carbonyl (C=O) groups is 1. The number of anilines is 1. The summed E-state index contributed by atoms with van der Waals surface area (Å²) in [6.07, 6.45) is 2.57. The molecule has 1 fully saturated rings. The highest BCUT2D eigenvalue weighted by molar-refractivity contribution is 6.33. The van der Waals surface area contributed by atoms with Crippen LogP contribution in [0.5, 0.6) is 0 Å². The fraction of sp³-hybridized carbons (Fsp3) is 0.280. The number of benzene rings is 2. The third-order valence-electron chi connectivity index (χ3n) is 6.02. The van der Waals surface area contributed by atoms with Gasteiger partial charge in [0.25, 0.3) is 5.91 Å². The summed E-state index contributed by atoms with van der Waals surface area (Å²) in [7, 11) is 0. The number of rotatable bonds is 4. The largest absolute Gasteiger partial charge is 0.352 e. The van der Waals surface area contributed by atoms with Crippen LogP contribution in [0.2, 0.25) is 5.02 Å². The molecule has 0 saturated carbocycles. The summed E-state index contributed by atoms with van der Waals surface area (Å²) < 4.78 is 1.87. The van der Waals surface area contributed by atoms with Crippen LogP contribution in [0.1, 0.15) is 28.7 Å². The van der Waals surface area contributed by atoms with Gasteiger partial charge >= 0.3 is 0 Å². The molecule has 168 valence electrons. The Balaban J connectivity index is 1.43. The Labute approximate surface area is 197 Å². The van der Waals surface area contributed by atoms with Crippen molar-refractivity contribution in [2.75, 3.05) is 31.1 Å². The van der Waals surface area contributed by atoms with Crippen LogP contribution in [0.15, 0.2) is 54.7 Å². The lowest BCUT2D eigenvalue weighted by Gasteiger charge is -2.35. The highest BCUT2D eigenvalue weighted by Crippen LogP contribution is 2.27. The summed E-state index contributed by atoms with van der Waals surface area (Å²) >= 11 is 6.24. The highest BCUT2D eigenvalue weighted by Gasteiger charge is 2.26. The van der Waals surface area contributed by atoms with Crippen LogP contribution in [-0.4, -0.2) is 56.7 Å². The molecule has 8 heteroatoms. The molecule has 0 unspecified atom stereocenters. The summed E-state index contributed by atoms with van der Waals surface area (Å²) in [6.45, 7) is 6.68. The van der Waals surface area contributed by atoms with Gasteiger partial charge in [-0.05, 0) is 31.2 Å². The molecule has 5 rings (SSSR count). The lowest BCUT2D eigenvalue weighted by molar-refractivity contribution is 0.0747. The minimum absolute atomic E-state index is 0.0328. The second kappa shape index (κ2) is 8.83. The van der Waals surface area contributed by atoms with E-state index in [4.69, 9.17) is 21.6 Å². The summed E-state index contributed by atoms with van der Waals surface area (Å²) in [4.78, 5) is 26.6. The molecule has 2 aromatic heterocycles. The Bertz CT molecular complexity index is 1310. The summed E-state index contributed by atoms with van der Waals surface area (Å²) in [5, 5.41) is 6.03. The second-order valence-corrected chi connectivity index (χ2v) is 8.61. The van der Waals surface area contributed by atoms with Gasteiger partial charge in [0.05, 0.1) is 27.9 Å². The van der Waals surface area contributed by atoms with Gasteiger partial charge in [0.2, 0.25) is 0 Å². The fourth-order valence-corrected chi connectivity index (χ4v) is 4.35. The van der Waals surface area contributed by atoms with Crippen LogP contribution >= 0.6 is 11.6 Å². The maximum atomic E-state index is 12.9. The predicted octanol–water partition coefficient (Wildman–Crippen LogP) is 4.30. The van der Waals surface area contributed by atoms with Crippen LogP contribution < -0.4 is 4.90 Å². The van der Waals surface area contributed by atoms with Gasteiger partial charge < -0.3 is 9.80 Å². The molecule has 33 heavy (non-hydrogen) atoms. The fourth-order valence-electron chi connectivity index (χ4n) is 4.14. The minimum Gasteiger partial charge on any atom is -0.352 e. The quantitative estimate of drug-likeness (QED) is 0.454. The molecule has 0 N–H and O–H groups in total. The third-order valence-corrected chi connectivity index (χ3v) is 6.35. The molecule has 7 nitrogen and oxygen atoms in total. The van der Waals surface area contributed by atoms with Crippen molar-refractivity contribution in [3.63, 3.8) is 0 Å². The van der Waals surface area contributed by atoms with E-state index >= 15 is 0 Å². The number of nitrogens with zero attached hydrogens (tertiary/aromatic N) is 6. The van der Waals surface area contributed by atoms with Gasteiger partial charge in [0, 0.05) is 32.6 Å². The van der Waals surface area contributed by atoms with Gasteiger partial charge in [-0.2, -0.15) is 5.10 Å². The van der Waals surface area contributed by atoms with Crippen LogP contribution in [0.25, 0.3) is 16.7 Å². The minimum atomic E-state index is -0.0328. The zero-order chi connectivity index (χ0) is 22.9. The Morgan fingerprint density at radius 3 is 2.42 bits per heavy atom. The molecule has 0 aliphatic carbocycles. The Morgan fingerprint density at radius 1 is 1.00 bits per heavy atom. The number of amides is 1. The lowest BCUT2D eigenvalue weighted by atomic mass is 10.1. The number of fused-ring (bicyclic) bond motifs is 1. The lowest BCUT2D eigenvalue weighted by Crippen LogP contribution is -2.49. The number of halogens is 1. The maximum Gasteiger partial charge on any atom is 0.255 e. The van der Waals surface area contributed by atoms with Gasteiger partial charge in [-0.3, -0.25) is 4.79 Å². The Morgan fingerprint density at radius 2 is 1.73 bits per heavy atom. The van der Waals surface area contributed by atoms with E-state index in [0.29, 0.717) is 36.8 Å². The molecular weight excluding hydrogens is 436 g/mol. The van der Waals surface area contributed by atoms with E-state index in [-0.39, 0.29) is 5.91 Å². The van der Waals surface area contributed by atoms with Crippen LogP contribution in [0, 0.1) is 6.92 Å². The van der Waals surface area contributed by atoms with Crippen molar-refractivity contribution in [3.8, 4) is 5.69 Å². The first kappa shape index (κ1) is 21.4. The van der Waals surface area contributed by atoms with Crippen molar-refractivity contribution < 1.29 is 4.79 Å². The maximum absolute atomic E-state index is 12.9. The van der Waals surface area contributed by atoms with Gasteiger partial charge in [-0.1, -0.05) is 48.4 Å². The highest BCUT2D eigenvalue weighted by atomic mass is 35.5. The molecule has 3 heterocycles. The molecule has 1 amide bonds. The first-order chi connectivity index (χ1) is 16.0. The smallest absolute Gasteiger partial charge is 0.255 e. The number of piperazine rings is 1. The zero-order valence-corrected chi connectivity index (χ0v) is 19.5. The summed E-state index contributed by atoms with van der Waals surface area (Å²) in [6, 6.07) is 15.4. The number of hydrogen-bond donors (Lipinski definition) is 0. The van der Waals surface area contributed by atoms with Crippen molar-refractivity contribution in [2.45, 2.75) is 20.3 Å². The molecule has 4 aromatic rings. The van der Waals surface area contributed by atoms with Crippen molar-refractivity contribution in [1.82, 2.24) is 24.6 Å². The third kappa shape index (κ3) is 4.04. The van der Waals surface area contributed by atoms with Gasteiger partial charge in [-0.25, -0.2) is 14.6 Å². The molecule has 0 radical (unpaired) electrons. The molecule has 0 spiro atoms. The molecular formula is C25H25ClN6O. The number of aromatic nitrogens is 4.